The lowest BCUT2D eigenvalue weighted by molar-refractivity contribution is 0.211. The summed E-state index contributed by atoms with van der Waals surface area (Å²) < 4.78 is 0. The Morgan fingerprint density at radius 3 is 2.44 bits per heavy atom. The van der Waals surface area contributed by atoms with Crippen molar-refractivity contribution in [2.45, 2.75) is 51.6 Å². The minimum absolute atomic E-state index is 0.161. The lowest BCUT2D eigenvalue weighted by Crippen LogP contribution is -2.39. The number of benzene rings is 1. The van der Waals surface area contributed by atoms with Crippen LogP contribution in [-0.4, -0.2) is 39.2 Å². The second kappa shape index (κ2) is 7.35. The Morgan fingerprint density at radius 1 is 1.16 bits per heavy atom. The lowest BCUT2D eigenvalue weighted by atomic mass is 9.93. The van der Waals surface area contributed by atoms with Crippen molar-refractivity contribution in [3.63, 3.8) is 0 Å². The summed E-state index contributed by atoms with van der Waals surface area (Å²) in [6.45, 7) is 8.94. The van der Waals surface area contributed by atoms with Crippen LogP contribution in [0.3, 0.4) is 0 Å². The fourth-order valence-electron chi connectivity index (χ4n) is 3.16. The highest BCUT2D eigenvalue weighted by atomic mass is 16.1. The summed E-state index contributed by atoms with van der Waals surface area (Å²) in [5.74, 6) is 0.472. The van der Waals surface area contributed by atoms with Crippen LogP contribution in [0.25, 0.3) is 0 Å². The molecule has 0 spiro atoms. The Bertz CT molecular complexity index is 742. The van der Waals surface area contributed by atoms with E-state index in [9.17, 15) is 4.79 Å². The highest BCUT2D eigenvalue weighted by Crippen LogP contribution is 2.17. The fraction of sp³-hybridized carbons (Fsp3) is 0.526. The van der Waals surface area contributed by atoms with Crippen molar-refractivity contribution in [2.24, 2.45) is 0 Å². The zero-order valence-corrected chi connectivity index (χ0v) is 15.2. The summed E-state index contributed by atoms with van der Waals surface area (Å²) in [6, 6.07) is 10.9. The molecule has 0 atom stereocenters. The molecule has 134 valence electrons. The van der Waals surface area contributed by atoms with Gasteiger partial charge in [0.1, 0.15) is 5.69 Å². The minimum Gasteiger partial charge on any atom is -0.352 e. The normalized spacial score (nSPS) is 16.8. The quantitative estimate of drug-likeness (QED) is 0.894. The molecule has 6 heteroatoms. The Morgan fingerprint density at radius 2 is 1.84 bits per heavy atom. The fourth-order valence-corrected chi connectivity index (χ4v) is 3.16. The van der Waals surface area contributed by atoms with E-state index < -0.39 is 0 Å². The van der Waals surface area contributed by atoms with E-state index in [1.807, 2.05) is 26.8 Å². The first-order valence-corrected chi connectivity index (χ1v) is 8.92. The number of aromatic amines is 1. The topological polar surface area (TPSA) is 73.9 Å². The molecular weight excluding hydrogens is 314 g/mol. The number of piperidine rings is 1. The van der Waals surface area contributed by atoms with Gasteiger partial charge < -0.3 is 5.32 Å². The standard InChI is InChI=1S/C19H27N5O/c1-19(2,3)16-17(25)21-18(23-22-16)20-15-9-11-24(12-10-15)13-14-7-5-4-6-8-14/h4-8,15H,9-13H2,1-3H3,(H2,20,21,23,25). The van der Waals surface area contributed by atoms with Crippen LogP contribution in [-0.2, 0) is 12.0 Å². The van der Waals surface area contributed by atoms with Crippen LogP contribution in [0.4, 0.5) is 5.95 Å². The first-order valence-electron chi connectivity index (χ1n) is 8.92. The average Bonchev–Trinajstić information content (AvgIpc) is 2.56. The van der Waals surface area contributed by atoms with E-state index in [2.05, 4.69) is 49.7 Å². The third kappa shape index (κ3) is 4.66. The molecule has 1 aliphatic heterocycles. The lowest BCUT2D eigenvalue weighted by Gasteiger charge is -2.32. The van der Waals surface area contributed by atoms with E-state index in [4.69, 9.17) is 0 Å². The van der Waals surface area contributed by atoms with Crippen LogP contribution in [0.5, 0.6) is 0 Å². The van der Waals surface area contributed by atoms with Gasteiger partial charge >= 0.3 is 0 Å². The SMILES string of the molecule is CC(C)(C)c1nnc(NC2CCN(Cc3ccccc3)CC2)[nH]c1=O. The van der Waals surface area contributed by atoms with Gasteiger partial charge in [-0.3, -0.25) is 14.7 Å². The van der Waals surface area contributed by atoms with Crippen LogP contribution in [0.2, 0.25) is 0 Å². The van der Waals surface area contributed by atoms with Crippen LogP contribution in [0.1, 0.15) is 44.9 Å². The molecule has 2 heterocycles. The Labute approximate surface area is 148 Å². The first-order chi connectivity index (χ1) is 11.9. The molecule has 0 unspecified atom stereocenters. The van der Waals surface area contributed by atoms with Gasteiger partial charge in [0.15, 0.2) is 0 Å². The summed E-state index contributed by atoms with van der Waals surface area (Å²) in [5, 5.41) is 11.6. The first kappa shape index (κ1) is 17.6. The molecule has 0 bridgehead atoms. The number of nitrogens with one attached hydrogen (secondary N) is 2. The van der Waals surface area contributed by atoms with Crippen molar-refractivity contribution < 1.29 is 0 Å². The van der Waals surface area contributed by atoms with Gasteiger partial charge in [0.2, 0.25) is 5.95 Å². The van der Waals surface area contributed by atoms with Crippen molar-refractivity contribution in [2.75, 3.05) is 18.4 Å². The molecule has 3 rings (SSSR count). The van der Waals surface area contributed by atoms with E-state index in [0.29, 0.717) is 17.7 Å². The number of anilines is 1. The van der Waals surface area contributed by atoms with Gasteiger partial charge in [0.25, 0.3) is 5.56 Å². The molecule has 1 aliphatic rings. The predicted octanol–water partition coefficient (Wildman–Crippen LogP) is 2.54. The predicted molar refractivity (Wildman–Crippen MR) is 99.7 cm³/mol. The molecule has 0 radical (unpaired) electrons. The van der Waals surface area contributed by atoms with Crippen molar-refractivity contribution in [3.05, 3.63) is 51.9 Å². The number of rotatable bonds is 4. The molecule has 2 N–H and O–H groups in total. The zero-order valence-electron chi connectivity index (χ0n) is 15.2. The molecule has 25 heavy (non-hydrogen) atoms. The van der Waals surface area contributed by atoms with Crippen LogP contribution in [0, 0.1) is 0 Å². The molecule has 1 saturated heterocycles. The number of hydrogen-bond acceptors (Lipinski definition) is 5. The average molecular weight is 341 g/mol. The van der Waals surface area contributed by atoms with Crippen LogP contribution < -0.4 is 10.9 Å². The summed E-state index contributed by atoms with van der Waals surface area (Å²) in [4.78, 5) is 17.5. The molecule has 1 aromatic heterocycles. The smallest absolute Gasteiger partial charge is 0.274 e. The monoisotopic (exact) mass is 341 g/mol. The molecule has 1 aromatic carbocycles. The zero-order chi connectivity index (χ0) is 17.9. The maximum Gasteiger partial charge on any atom is 0.274 e. The number of hydrogen-bond donors (Lipinski definition) is 2. The minimum atomic E-state index is -0.304. The maximum absolute atomic E-state index is 12.2. The van der Waals surface area contributed by atoms with Gasteiger partial charge in [-0.05, 0) is 18.4 Å². The van der Waals surface area contributed by atoms with E-state index >= 15 is 0 Å². The van der Waals surface area contributed by atoms with Crippen molar-refractivity contribution in [3.8, 4) is 0 Å². The van der Waals surface area contributed by atoms with Gasteiger partial charge in [-0.2, -0.15) is 0 Å². The highest BCUT2D eigenvalue weighted by molar-refractivity contribution is 5.25. The van der Waals surface area contributed by atoms with E-state index in [1.54, 1.807) is 0 Å². The van der Waals surface area contributed by atoms with E-state index in [-0.39, 0.29) is 11.0 Å². The Kier molecular flexibility index (Phi) is 5.18. The number of likely N-dealkylation sites (tertiary alicyclic amines) is 1. The maximum atomic E-state index is 12.2. The second-order valence-electron chi connectivity index (χ2n) is 7.78. The summed E-state index contributed by atoms with van der Waals surface area (Å²) >= 11 is 0. The van der Waals surface area contributed by atoms with Gasteiger partial charge in [-0.25, -0.2) is 0 Å². The van der Waals surface area contributed by atoms with Crippen molar-refractivity contribution in [1.29, 1.82) is 0 Å². The molecule has 6 nitrogen and oxygen atoms in total. The third-order valence-corrected chi connectivity index (χ3v) is 4.58. The van der Waals surface area contributed by atoms with Crippen LogP contribution >= 0.6 is 0 Å². The summed E-state index contributed by atoms with van der Waals surface area (Å²) in [6.07, 6.45) is 2.05. The van der Waals surface area contributed by atoms with Gasteiger partial charge in [-0.15, -0.1) is 10.2 Å². The molecule has 0 saturated carbocycles. The number of aromatic nitrogens is 3. The molecule has 0 aliphatic carbocycles. The third-order valence-electron chi connectivity index (χ3n) is 4.58. The van der Waals surface area contributed by atoms with Crippen LogP contribution in [0.15, 0.2) is 35.1 Å². The number of nitrogens with zero attached hydrogens (tertiary/aromatic N) is 3. The van der Waals surface area contributed by atoms with Gasteiger partial charge in [0.05, 0.1) is 0 Å². The Hall–Kier alpha value is -2.21. The molecule has 0 amide bonds. The molecule has 2 aromatic rings. The summed E-state index contributed by atoms with van der Waals surface area (Å²) in [7, 11) is 0. The summed E-state index contributed by atoms with van der Waals surface area (Å²) in [5.41, 5.74) is 1.35. The van der Waals surface area contributed by atoms with E-state index in [1.165, 1.54) is 5.56 Å². The second-order valence-corrected chi connectivity index (χ2v) is 7.78. The van der Waals surface area contributed by atoms with Crippen molar-refractivity contribution >= 4 is 5.95 Å². The molecular formula is C19H27N5O. The Balaban J connectivity index is 1.54. The highest BCUT2D eigenvalue weighted by Gasteiger charge is 2.22. The van der Waals surface area contributed by atoms with Crippen molar-refractivity contribution in [1.82, 2.24) is 20.1 Å². The van der Waals surface area contributed by atoms with Gasteiger partial charge in [0, 0.05) is 31.1 Å². The molecule has 1 fully saturated rings. The van der Waals surface area contributed by atoms with E-state index in [0.717, 1.165) is 32.5 Å². The van der Waals surface area contributed by atoms with Gasteiger partial charge in [-0.1, -0.05) is 51.1 Å². The number of H-pyrrole nitrogens is 1. The largest absolute Gasteiger partial charge is 0.352 e.